The van der Waals surface area contributed by atoms with Gasteiger partial charge in [0.2, 0.25) is 0 Å². The SMILES string of the molecule is CN1CCn2c(nnc2[C@@H]2C[C@H](O)CN2Cc2ccc(C(F)(F)F)cc2)C1. The summed E-state index contributed by atoms with van der Waals surface area (Å²) in [6, 6.07) is 5.11. The number of aliphatic hydroxyl groups excluding tert-OH is 1. The molecule has 1 aromatic carbocycles. The maximum atomic E-state index is 12.7. The monoisotopic (exact) mass is 381 g/mol. The van der Waals surface area contributed by atoms with Gasteiger partial charge in [-0.15, -0.1) is 10.2 Å². The predicted octanol–water partition coefficient (Wildman–Crippen LogP) is 2.05. The molecule has 0 amide bonds. The van der Waals surface area contributed by atoms with Crippen molar-refractivity contribution in [1.82, 2.24) is 24.6 Å². The van der Waals surface area contributed by atoms with E-state index in [4.69, 9.17) is 0 Å². The minimum Gasteiger partial charge on any atom is -0.392 e. The molecule has 1 saturated heterocycles. The molecule has 0 radical (unpaired) electrons. The zero-order chi connectivity index (χ0) is 19.2. The molecule has 2 aliphatic heterocycles. The van der Waals surface area contributed by atoms with Crippen LogP contribution in [-0.2, 0) is 25.8 Å². The Bertz CT molecular complexity index is 804. The molecule has 27 heavy (non-hydrogen) atoms. The Labute approximate surface area is 155 Å². The van der Waals surface area contributed by atoms with Gasteiger partial charge < -0.3 is 9.67 Å². The molecule has 0 aliphatic carbocycles. The highest BCUT2D eigenvalue weighted by molar-refractivity contribution is 5.25. The number of halogens is 3. The molecule has 3 heterocycles. The van der Waals surface area contributed by atoms with E-state index >= 15 is 0 Å². The number of hydrogen-bond donors (Lipinski definition) is 1. The fraction of sp³-hybridized carbons (Fsp3) is 0.556. The first-order valence-electron chi connectivity index (χ1n) is 9.00. The van der Waals surface area contributed by atoms with E-state index < -0.39 is 17.8 Å². The molecule has 1 N–H and O–H groups in total. The Balaban J connectivity index is 1.54. The lowest BCUT2D eigenvalue weighted by Crippen LogP contribution is -2.33. The molecule has 2 aliphatic rings. The van der Waals surface area contributed by atoms with E-state index in [1.165, 1.54) is 12.1 Å². The van der Waals surface area contributed by atoms with Crippen molar-refractivity contribution < 1.29 is 18.3 Å². The molecule has 0 spiro atoms. The normalized spacial score (nSPS) is 24.3. The van der Waals surface area contributed by atoms with Crippen molar-refractivity contribution in [2.45, 2.75) is 44.4 Å². The van der Waals surface area contributed by atoms with Gasteiger partial charge in [-0.2, -0.15) is 13.2 Å². The van der Waals surface area contributed by atoms with E-state index in [0.717, 1.165) is 49.0 Å². The van der Waals surface area contributed by atoms with Crippen LogP contribution in [0.4, 0.5) is 13.2 Å². The molecular weight excluding hydrogens is 359 g/mol. The Hall–Kier alpha value is -1.97. The molecule has 9 heteroatoms. The van der Waals surface area contributed by atoms with Crippen molar-refractivity contribution in [2.24, 2.45) is 0 Å². The third-order valence-corrected chi connectivity index (χ3v) is 5.32. The lowest BCUT2D eigenvalue weighted by Gasteiger charge is -2.27. The van der Waals surface area contributed by atoms with Gasteiger partial charge in [-0.25, -0.2) is 0 Å². The van der Waals surface area contributed by atoms with E-state index in [-0.39, 0.29) is 6.04 Å². The summed E-state index contributed by atoms with van der Waals surface area (Å²) in [6.45, 7) is 3.37. The third-order valence-electron chi connectivity index (χ3n) is 5.32. The number of aliphatic hydroxyl groups is 1. The summed E-state index contributed by atoms with van der Waals surface area (Å²) in [5.41, 5.74) is 0.125. The van der Waals surface area contributed by atoms with Crippen molar-refractivity contribution in [2.75, 3.05) is 20.1 Å². The van der Waals surface area contributed by atoms with Crippen molar-refractivity contribution in [3.8, 4) is 0 Å². The topological polar surface area (TPSA) is 57.4 Å². The Morgan fingerprint density at radius 2 is 1.89 bits per heavy atom. The standard InChI is InChI=1S/C18H22F3N5O/c1-24-6-7-26-16(11-24)22-23-17(26)15-8-14(27)10-25(15)9-12-2-4-13(5-3-12)18(19,20)21/h2-5,14-15,27H,6-11H2,1H3/t14-,15-/m0/s1. The minimum absolute atomic E-state index is 0.0908. The number of benzene rings is 1. The zero-order valence-corrected chi connectivity index (χ0v) is 15.0. The van der Waals surface area contributed by atoms with Gasteiger partial charge >= 0.3 is 6.18 Å². The van der Waals surface area contributed by atoms with Crippen LogP contribution >= 0.6 is 0 Å². The number of nitrogens with zero attached hydrogens (tertiary/aromatic N) is 5. The highest BCUT2D eigenvalue weighted by Crippen LogP contribution is 2.34. The molecule has 0 bridgehead atoms. The van der Waals surface area contributed by atoms with Gasteiger partial charge in [0, 0.05) is 26.2 Å². The lowest BCUT2D eigenvalue weighted by molar-refractivity contribution is -0.137. The molecule has 0 unspecified atom stereocenters. The minimum atomic E-state index is -4.33. The molecule has 4 rings (SSSR count). The van der Waals surface area contributed by atoms with Crippen LogP contribution in [0.3, 0.4) is 0 Å². The van der Waals surface area contributed by atoms with E-state index in [1.54, 1.807) is 0 Å². The van der Waals surface area contributed by atoms with Gasteiger partial charge in [0.25, 0.3) is 0 Å². The molecule has 146 valence electrons. The molecular formula is C18H22F3N5O. The van der Waals surface area contributed by atoms with Gasteiger partial charge in [-0.05, 0) is 31.2 Å². The highest BCUT2D eigenvalue weighted by Gasteiger charge is 2.37. The Morgan fingerprint density at radius 1 is 1.15 bits per heavy atom. The Kier molecular flexibility index (Phi) is 4.69. The maximum Gasteiger partial charge on any atom is 0.416 e. The molecule has 2 aromatic rings. The summed E-state index contributed by atoms with van der Waals surface area (Å²) in [7, 11) is 2.04. The van der Waals surface area contributed by atoms with Crippen LogP contribution in [0.2, 0.25) is 0 Å². The summed E-state index contributed by atoms with van der Waals surface area (Å²) in [5, 5.41) is 18.9. The first kappa shape index (κ1) is 18.4. The third kappa shape index (κ3) is 3.71. The predicted molar refractivity (Wildman–Crippen MR) is 91.6 cm³/mol. The molecule has 1 aromatic heterocycles. The van der Waals surface area contributed by atoms with Crippen LogP contribution in [0.5, 0.6) is 0 Å². The first-order valence-corrected chi connectivity index (χ1v) is 9.00. The first-order chi connectivity index (χ1) is 12.8. The summed E-state index contributed by atoms with van der Waals surface area (Å²) in [6.07, 6.45) is -4.27. The van der Waals surface area contributed by atoms with E-state index in [9.17, 15) is 18.3 Å². The van der Waals surface area contributed by atoms with Crippen LogP contribution in [0.1, 0.15) is 35.2 Å². The maximum absolute atomic E-state index is 12.7. The number of hydrogen-bond acceptors (Lipinski definition) is 5. The van der Waals surface area contributed by atoms with Crippen LogP contribution in [0.25, 0.3) is 0 Å². The molecule has 2 atom stereocenters. The average molecular weight is 381 g/mol. The second-order valence-electron chi connectivity index (χ2n) is 7.39. The molecule has 0 saturated carbocycles. The lowest BCUT2D eigenvalue weighted by atomic mass is 10.1. The van der Waals surface area contributed by atoms with Crippen LogP contribution in [0.15, 0.2) is 24.3 Å². The number of aromatic nitrogens is 3. The van der Waals surface area contributed by atoms with Gasteiger partial charge in [0.15, 0.2) is 5.82 Å². The number of likely N-dealkylation sites (tertiary alicyclic amines) is 1. The van der Waals surface area contributed by atoms with E-state index in [1.807, 2.05) is 7.05 Å². The second-order valence-corrected chi connectivity index (χ2v) is 7.39. The van der Waals surface area contributed by atoms with Crippen molar-refractivity contribution in [3.63, 3.8) is 0 Å². The average Bonchev–Trinajstić information content (AvgIpc) is 3.17. The van der Waals surface area contributed by atoms with E-state index in [0.29, 0.717) is 19.5 Å². The summed E-state index contributed by atoms with van der Waals surface area (Å²) in [5.74, 6) is 1.75. The molecule has 6 nitrogen and oxygen atoms in total. The van der Waals surface area contributed by atoms with Gasteiger partial charge in [0.1, 0.15) is 5.82 Å². The zero-order valence-electron chi connectivity index (χ0n) is 15.0. The van der Waals surface area contributed by atoms with E-state index in [2.05, 4.69) is 24.6 Å². The van der Waals surface area contributed by atoms with Gasteiger partial charge in [0.05, 0.1) is 24.3 Å². The number of alkyl halides is 3. The number of β-amino-alcohol motifs (C(OH)–C–C–N with tert-alkyl or cyclic N) is 1. The van der Waals surface area contributed by atoms with Crippen LogP contribution in [-0.4, -0.2) is 55.9 Å². The van der Waals surface area contributed by atoms with Crippen molar-refractivity contribution >= 4 is 0 Å². The van der Waals surface area contributed by atoms with Crippen molar-refractivity contribution in [1.29, 1.82) is 0 Å². The number of likely N-dealkylation sites (N-methyl/N-ethyl adjacent to an activating group) is 1. The number of fused-ring (bicyclic) bond motifs is 1. The second kappa shape index (κ2) is 6.88. The quantitative estimate of drug-likeness (QED) is 0.882. The van der Waals surface area contributed by atoms with Crippen molar-refractivity contribution in [3.05, 3.63) is 47.0 Å². The largest absolute Gasteiger partial charge is 0.416 e. The Morgan fingerprint density at radius 3 is 2.59 bits per heavy atom. The summed E-state index contributed by atoms with van der Waals surface area (Å²) in [4.78, 5) is 4.25. The highest BCUT2D eigenvalue weighted by atomic mass is 19.4. The van der Waals surface area contributed by atoms with Gasteiger partial charge in [-0.1, -0.05) is 12.1 Å². The smallest absolute Gasteiger partial charge is 0.392 e. The summed E-state index contributed by atoms with van der Waals surface area (Å²) < 4.78 is 40.4. The van der Waals surface area contributed by atoms with Crippen LogP contribution in [0, 0.1) is 0 Å². The fourth-order valence-corrected chi connectivity index (χ4v) is 3.90. The summed E-state index contributed by atoms with van der Waals surface area (Å²) >= 11 is 0. The fourth-order valence-electron chi connectivity index (χ4n) is 3.90. The molecule has 1 fully saturated rings. The van der Waals surface area contributed by atoms with Gasteiger partial charge in [-0.3, -0.25) is 9.80 Å². The van der Waals surface area contributed by atoms with Crippen LogP contribution < -0.4 is 0 Å². The number of rotatable bonds is 3.